The van der Waals surface area contributed by atoms with E-state index in [-0.39, 0.29) is 17.4 Å². The minimum absolute atomic E-state index is 0.107. The number of likely N-dealkylation sites (N-methyl/N-ethyl adjacent to an activating group) is 1. The van der Waals surface area contributed by atoms with E-state index in [0.717, 1.165) is 17.0 Å². The van der Waals surface area contributed by atoms with Crippen LogP contribution in [0.1, 0.15) is 6.92 Å². The molecule has 1 unspecified atom stereocenters. The van der Waals surface area contributed by atoms with Crippen LogP contribution < -0.4 is 15.4 Å². The number of carbonyl (C=O) groups is 1. The van der Waals surface area contributed by atoms with Crippen LogP contribution in [-0.4, -0.2) is 46.9 Å². The smallest absolute Gasteiger partial charge is 0.406 e. The molecule has 0 aliphatic carbocycles. The predicted molar refractivity (Wildman–Crippen MR) is 97.7 cm³/mol. The lowest BCUT2D eigenvalue weighted by Crippen LogP contribution is -2.49. The molecule has 0 aliphatic rings. The van der Waals surface area contributed by atoms with Crippen LogP contribution in [0.4, 0.5) is 18.9 Å². The van der Waals surface area contributed by atoms with Crippen LogP contribution in [0, 0.1) is 11.5 Å². The standard InChI is InChI=1S/C15H17F3N4O2S2/c1-3-22(9-19)13(23)12(8-26-2)21-14(25)20-10-4-6-11(7-5-10)24-15(16,17)18/h4-7,12H,3,8H2,1-2H3,(H2,20,21,25). The zero-order valence-electron chi connectivity index (χ0n) is 14.0. The average Bonchev–Trinajstić information content (AvgIpc) is 2.56. The van der Waals surface area contributed by atoms with Gasteiger partial charge in [-0.05, 0) is 49.7 Å². The van der Waals surface area contributed by atoms with Crippen LogP contribution in [0.15, 0.2) is 24.3 Å². The van der Waals surface area contributed by atoms with Gasteiger partial charge >= 0.3 is 6.36 Å². The molecule has 11 heteroatoms. The number of nitrogens with one attached hydrogen (secondary N) is 2. The van der Waals surface area contributed by atoms with Crippen molar-refractivity contribution in [2.24, 2.45) is 0 Å². The first-order valence-corrected chi connectivity index (χ1v) is 9.13. The number of nitriles is 1. The Kier molecular flexibility index (Phi) is 8.47. The summed E-state index contributed by atoms with van der Waals surface area (Å²) in [5, 5.41) is 14.7. The van der Waals surface area contributed by atoms with E-state index in [9.17, 15) is 18.0 Å². The minimum Gasteiger partial charge on any atom is -0.406 e. The minimum atomic E-state index is -4.76. The largest absolute Gasteiger partial charge is 0.573 e. The monoisotopic (exact) mass is 406 g/mol. The normalized spacial score (nSPS) is 11.8. The number of anilines is 1. The van der Waals surface area contributed by atoms with E-state index in [4.69, 9.17) is 17.5 Å². The topological polar surface area (TPSA) is 77.4 Å². The molecule has 0 heterocycles. The molecule has 0 bridgehead atoms. The van der Waals surface area contributed by atoms with Crippen molar-refractivity contribution < 1.29 is 22.7 Å². The highest BCUT2D eigenvalue weighted by Gasteiger charge is 2.31. The first-order valence-electron chi connectivity index (χ1n) is 7.33. The van der Waals surface area contributed by atoms with Gasteiger partial charge in [-0.3, -0.25) is 4.79 Å². The Hall–Kier alpha value is -2.19. The van der Waals surface area contributed by atoms with Crippen molar-refractivity contribution in [2.45, 2.75) is 19.3 Å². The van der Waals surface area contributed by atoms with Crippen molar-refractivity contribution in [1.82, 2.24) is 10.2 Å². The molecule has 2 N–H and O–H groups in total. The molecule has 6 nitrogen and oxygen atoms in total. The van der Waals surface area contributed by atoms with Crippen molar-refractivity contribution >= 4 is 40.7 Å². The maximum atomic E-state index is 12.3. The first-order chi connectivity index (χ1) is 12.2. The number of nitrogens with zero attached hydrogens (tertiary/aromatic N) is 2. The lowest BCUT2D eigenvalue weighted by molar-refractivity contribution is -0.274. The van der Waals surface area contributed by atoms with E-state index in [1.807, 2.05) is 0 Å². The molecular weight excluding hydrogens is 389 g/mol. The molecule has 0 fully saturated rings. The van der Waals surface area contributed by atoms with Crippen LogP contribution in [0.2, 0.25) is 0 Å². The van der Waals surface area contributed by atoms with Gasteiger partial charge in [0.1, 0.15) is 11.8 Å². The highest BCUT2D eigenvalue weighted by Crippen LogP contribution is 2.23. The summed E-state index contributed by atoms with van der Waals surface area (Å²) in [5.74, 6) is -0.385. The second kappa shape index (κ2) is 10.1. The van der Waals surface area contributed by atoms with E-state index in [1.165, 1.54) is 23.9 Å². The van der Waals surface area contributed by atoms with Crippen LogP contribution in [0.25, 0.3) is 0 Å². The Morgan fingerprint density at radius 1 is 1.42 bits per heavy atom. The van der Waals surface area contributed by atoms with Gasteiger partial charge < -0.3 is 15.4 Å². The Morgan fingerprint density at radius 3 is 2.50 bits per heavy atom. The lowest BCUT2D eigenvalue weighted by Gasteiger charge is -2.22. The number of benzene rings is 1. The fourth-order valence-corrected chi connectivity index (χ4v) is 2.69. The first kappa shape index (κ1) is 21.9. The third-order valence-electron chi connectivity index (χ3n) is 2.99. The summed E-state index contributed by atoms with van der Waals surface area (Å²) < 4.78 is 40.2. The van der Waals surface area contributed by atoms with Gasteiger partial charge in [0.25, 0.3) is 5.91 Å². The van der Waals surface area contributed by atoms with E-state index in [1.54, 1.807) is 19.4 Å². The number of thiocarbonyl (C=S) groups is 1. The zero-order chi connectivity index (χ0) is 19.7. The summed E-state index contributed by atoms with van der Waals surface area (Å²) in [6.45, 7) is 1.92. The van der Waals surface area contributed by atoms with E-state index < -0.39 is 18.3 Å². The third-order valence-corrected chi connectivity index (χ3v) is 3.87. The Morgan fingerprint density at radius 2 is 2.04 bits per heavy atom. The Balaban J connectivity index is 2.70. The number of amides is 1. The molecule has 1 aromatic carbocycles. The second-order valence-electron chi connectivity index (χ2n) is 4.86. The summed E-state index contributed by atoms with van der Waals surface area (Å²) >= 11 is 6.53. The number of halogens is 3. The molecule has 0 spiro atoms. The maximum absolute atomic E-state index is 12.3. The Bertz CT molecular complexity index is 662. The summed E-state index contributed by atoms with van der Waals surface area (Å²) in [5.41, 5.74) is 0.417. The number of alkyl halides is 3. The van der Waals surface area contributed by atoms with Gasteiger partial charge in [-0.25, -0.2) is 4.90 Å². The van der Waals surface area contributed by atoms with Crippen LogP contribution >= 0.6 is 24.0 Å². The number of ether oxygens (including phenoxy) is 1. The van der Waals surface area contributed by atoms with Gasteiger partial charge in [-0.1, -0.05) is 0 Å². The number of rotatable bonds is 7. The molecule has 0 aliphatic heterocycles. The lowest BCUT2D eigenvalue weighted by atomic mass is 10.3. The van der Waals surface area contributed by atoms with Crippen molar-refractivity contribution in [2.75, 3.05) is 23.9 Å². The van der Waals surface area contributed by atoms with Crippen LogP contribution in [-0.2, 0) is 4.79 Å². The van der Waals surface area contributed by atoms with Crippen molar-refractivity contribution in [3.8, 4) is 11.9 Å². The summed E-state index contributed by atoms with van der Waals surface area (Å²) in [6.07, 6.45) is -1.15. The quantitative estimate of drug-likeness (QED) is 0.410. The van der Waals surface area contributed by atoms with Gasteiger partial charge in [0.2, 0.25) is 0 Å². The molecule has 1 atom stereocenters. The van der Waals surface area contributed by atoms with Gasteiger partial charge in [0.15, 0.2) is 11.3 Å². The Labute approximate surface area is 158 Å². The van der Waals surface area contributed by atoms with Gasteiger partial charge in [-0.2, -0.15) is 17.0 Å². The van der Waals surface area contributed by atoms with Crippen LogP contribution in [0.3, 0.4) is 0 Å². The molecule has 1 rings (SSSR count). The molecule has 0 aromatic heterocycles. The van der Waals surface area contributed by atoms with E-state index in [0.29, 0.717) is 11.4 Å². The summed E-state index contributed by atoms with van der Waals surface area (Å²) in [6, 6.07) is 4.27. The third kappa shape index (κ3) is 7.37. The van der Waals surface area contributed by atoms with Gasteiger partial charge in [0, 0.05) is 18.0 Å². The second-order valence-corrected chi connectivity index (χ2v) is 6.18. The molecule has 1 amide bonds. The van der Waals surface area contributed by atoms with Crippen molar-refractivity contribution in [3.63, 3.8) is 0 Å². The number of hydrogen-bond donors (Lipinski definition) is 2. The SMILES string of the molecule is CCN(C#N)C(=O)C(CSC)NC(=S)Nc1ccc(OC(F)(F)F)cc1. The van der Waals surface area contributed by atoms with E-state index >= 15 is 0 Å². The highest BCUT2D eigenvalue weighted by atomic mass is 32.2. The van der Waals surface area contributed by atoms with Crippen molar-refractivity contribution in [1.29, 1.82) is 5.26 Å². The summed E-state index contributed by atoms with van der Waals surface area (Å²) in [7, 11) is 0. The van der Waals surface area contributed by atoms with E-state index in [2.05, 4.69) is 15.4 Å². The van der Waals surface area contributed by atoms with Crippen LogP contribution in [0.5, 0.6) is 5.75 Å². The average molecular weight is 406 g/mol. The molecule has 0 saturated carbocycles. The summed E-state index contributed by atoms with van der Waals surface area (Å²) in [4.78, 5) is 13.3. The molecule has 0 radical (unpaired) electrons. The molecule has 1 aromatic rings. The number of thioether (sulfide) groups is 1. The maximum Gasteiger partial charge on any atom is 0.573 e. The molecular formula is C15H17F3N4O2S2. The molecule has 142 valence electrons. The molecule has 0 saturated heterocycles. The zero-order valence-corrected chi connectivity index (χ0v) is 15.6. The fraction of sp³-hybridized carbons (Fsp3) is 0.400. The van der Waals surface area contributed by atoms with Gasteiger partial charge in [0.05, 0.1) is 0 Å². The van der Waals surface area contributed by atoms with Crippen molar-refractivity contribution in [3.05, 3.63) is 24.3 Å². The highest BCUT2D eigenvalue weighted by molar-refractivity contribution is 7.98. The molecule has 26 heavy (non-hydrogen) atoms. The van der Waals surface area contributed by atoms with Gasteiger partial charge in [-0.15, -0.1) is 13.2 Å². The predicted octanol–water partition coefficient (Wildman–Crippen LogP) is 2.93. The fourth-order valence-electron chi connectivity index (χ4n) is 1.87. The number of carbonyl (C=O) groups excluding carboxylic acids is 1. The number of hydrogen-bond acceptors (Lipinski definition) is 5.